The largest absolute Gasteiger partial charge is 0.356 e. The van der Waals surface area contributed by atoms with Gasteiger partial charge in [-0.3, -0.25) is 4.79 Å². The molecule has 2 aromatic carbocycles. The minimum Gasteiger partial charge on any atom is -0.356 e. The van der Waals surface area contributed by atoms with Crippen molar-refractivity contribution in [3.63, 3.8) is 0 Å². The van der Waals surface area contributed by atoms with Crippen molar-refractivity contribution in [2.45, 2.75) is 31.2 Å². The van der Waals surface area contributed by atoms with Gasteiger partial charge in [-0.25, -0.2) is 17.5 Å². The molecule has 2 aliphatic rings. The number of carbonyl (C=O) groups is 1. The van der Waals surface area contributed by atoms with Crippen LogP contribution < -0.4 is 5.32 Å². The van der Waals surface area contributed by atoms with Crippen LogP contribution in [0.4, 0.5) is 4.39 Å². The molecular weight excluding hydrogens is 521 g/mol. The molecule has 204 valence electrons. The van der Waals surface area contributed by atoms with Crippen LogP contribution in [0.15, 0.2) is 53.8 Å². The van der Waals surface area contributed by atoms with E-state index in [1.807, 2.05) is 32.9 Å². The quantitative estimate of drug-likeness (QED) is 0.378. The number of halogens is 1. The maximum Gasteiger partial charge on any atom is 0.264 e. The molecule has 1 aliphatic heterocycles. The van der Waals surface area contributed by atoms with Crippen LogP contribution in [0.2, 0.25) is 0 Å². The Morgan fingerprint density at radius 3 is 2.59 bits per heavy atom. The summed E-state index contributed by atoms with van der Waals surface area (Å²) in [4.78, 5) is 14.6. The van der Waals surface area contributed by atoms with Crippen molar-refractivity contribution in [1.29, 1.82) is 0 Å². The number of amides is 1. The summed E-state index contributed by atoms with van der Waals surface area (Å²) >= 11 is 0. The number of fused-ring (bicyclic) bond motifs is 2. The van der Waals surface area contributed by atoms with Crippen LogP contribution in [0.1, 0.15) is 25.0 Å². The van der Waals surface area contributed by atoms with E-state index in [2.05, 4.69) is 20.6 Å². The van der Waals surface area contributed by atoms with Crippen LogP contribution >= 0.6 is 0 Å². The third kappa shape index (κ3) is 4.04. The lowest BCUT2D eigenvalue weighted by molar-refractivity contribution is -0.123. The van der Waals surface area contributed by atoms with E-state index in [-0.39, 0.29) is 41.7 Å². The summed E-state index contributed by atoms with van der Waals surface area (Å²) < 4.78 is 43.5. The molecule has 1 amide bonds. The topological polar surface area (TPSA) is 115 Å². The smallest absolute Gasteiger partial charge is 0.264 e. The van der Waals surface area contributed by atoms with E-state index in [1.165, 1.54) is 27.4 Å². The van der Waals surface area contributed by atoms with Gasteiger partial charge in [0.15, 0.2) is 0 Å². The molecule has 0 radical (unpaired) electrons. The van der Waals surface area contributed by atoms with Gasteiger partial charge in [-0.2, -0.15) is 19.3 Å². The third-order valence-electron chi connectivity index (χ3n) is 7.98. The minimum absolute atomic E-state index is 0.0493. The molecule has 0 spiro atoms. The van der Waals surface area contributed by atoms with Crippen molar-refractivity contribution < 1.29 is 17.6 Å². The number of piperidine rings is 1. The number of nitrogens with zero attached hydrogens (tertiary/aromatic N) is 6. The van der Waals surface area contributed by atoms with Crippen LogP contribution in [0.3, 0.4) is 0 Å². The molecule has 1 saturated carbocycles. The average molecular weight is 552 g/mol. The monoisotopic (exact) mass is 551 g/mol. The Morgan fingerprint density at radius 1 is 1.18 bits per heavy atom. The molecule has 0 bridgehead atoms. The van der Waals surface area contributed by atoms with Crippen molar-refractivity contribution in [3.05, 3.63) is 65.7 Å². The molecule has 3 atom stereocenters. The van der Waals surface area contributed by atoms with Gasteiger partial charge < -0.3 is 5.32 Å². The van der Waals surface area contributed by atoms with Gasteiger partial charge in [0, 0.05) is 37.5 Å². The lowest BCUT2D eigenvalue weighted by Crippen LogP contribution is -2.39. The number of carbonyl (C=O) groups excluding carboxylic acids is 1. The highest BCUT2D eigenvalue weighted by Crippen LogP contribution is 2.65. The van der Waals surface area contributed by atoms with Crippen molar-refractivity contribution in [2.24, 2.45) is 24.8 Å². The van der Waals surface area contributed by atoms with E-state index in [1.54, 1.807) is 30.1 Å². The van der Waals surface area contributed by atoms with Gasteiger partial charge >= 0.3 is 0 Å². The molecule has 12 heteroatoms. The zero-order valence-electron chi connectivity index (χ0n) is 22.2. The van der Waals surface area contributed by atoms with E-state index in [9.17, 15) is 17.6 Å². The van der Waals surface area contributed by atoms with Crippen LogP contribution in [0.25, 0.3) is 16.6 Å². The first-order valence-corrected chi connectivity index (χ1v) is 14.4. The van der Waals surface area contributed by atoms with Gasteiger partial charge in [0.25, 0.3) is 10.0 Å². The number of hydrogen-bond donors (Lipinski definition) is 1. The number of sulfonamides is 1. The van der Waals surface area contributed by atoms with Gasteiger partial charge in [0.05, 0.1) is 29.5 Å². The second-order valence-corrected chi connectivity index (χ2v) is 12.9. The van der Waals surface area contributed by atoms with E-state index in [4.69, 9.17) is 0 Å². The van der Waals surface area contributed by atoms with E-state index in [0.717, 1.165) is 27.7 Å². The third-order valence-corrected chi connectivity index (χ3v) is 9.66. The molecule has 3 heterocycles. The normalized spacial score (nSPS) is 22.9. The zero-order valence-corrected chi connectivity index (χ0v) is 23.0. The fourth-order valence-corrected chi connectivity index (χ4v) is 7.50. The molecule has 1 aliphatic carbocycles. The summed E-state index contributed by atoms with van der Waals surface area (Å²) in [6.07, 6.45) is 2.99. The number of rotatable bonds is 7. The highest BCUT2D eigenvalue weighted by Gasteiger charge is 2.74. The first-order valence-electron chi connectivity index (χ1n) is 12.9. The Bertz CT molecular complexity index is 1700. The number of benzene rings is 2. The SMILES string of the molecule is Cc1cc2c(cnn2-c2ccc(F)cc2)cc1[C@@]12CN(S(=O)(=O)c3cnn(C)n3)C[C@@H]1[C@H]2C(=O)NCC(C)C. The molecule has 6 rings (SSSR count). The minimum atomic E-state index is -3.87. The fourth-order valence-electron chi connectivity index (χ4n) is 6.09. The molecule has 39 heavy (non-hydrogen) atoms. The first-order chi connectivity index (χ1) is 18.5. The molecular formula is C27H30FN7O3S. The van der Waals surface area contributed by atoms with Crippen LogP contribution in [0, 0.1) is 30.5 Å². The summed E-state index contributed by atoms with van der Waals surface area (Å²) in [5.74, 6) is -0.581. The average Bonchev–Trinajstić information content (AvgIpc) is 3.32. The maximum atomic E-state index is 13.5. The second-order valence-electron chi connectivity index (χ2n) is 11.0. The van der Waals surface area contributed by atoms with Crippen LogP contribution in [-0.4, -0.2) is 63.0 Å². The summed E-state index contributed by atoms with van der Waals surface area (Å²) in [5, 5.41) is 16.3. The Morgan fingerprint density at radius 2 is 1.92 bits per heavy atom. The fraction of sp³-hybridized carbons (Fsp3) is 0.407. The summed E-state index contributed by atoms with van der Waals surface area (Å²) in [6.45, 7) is 7.01. The van der Waals surface area contributed by atoms with Crippen LogP contribution in [-0.2, 0) is 27.3 Å². The molecule has 10 nitrogen and oxygen atoms in total. The Balaban J connectivity index is 1.40. The molecule has 1 N–H and O–H groups in total. The zero-order chi connectivity index (χ0) is 27.7. The van der Waals surface area contributed by atoms with E-state index in [0.29, 0.717) is 12.5 Å². The Kier molecular flexibility index (Phi) is 5.88. The summed E-state index contributed by atoms with van der Waals surface area (Å²) in [7, 11) is -2.30. The van der Waals surface area contributed by atoms with E-state index >= 15 is 0 Å². The predicted molar refractivity (Wildman–Crippen MR) is 142 cm³/mol. The van der Waals surface area contributed by atoms with Crippen molar-refractivity contribution >= 4 is 26.8 Å². The molecule has 1 saturated heterocycles. The number of nitrogens with one attached hydrogen (secondary N) is 1. The Hall–Kier alpha value is -3.64. The Labute approximate surface area is 225 Å². The molecule has 0 unspecified atom stereocenters. The van der Waals surface area contributed by atoms with Crippen molar-refractivity contribution in [3.8, 4) is 5.69 Å². The van der Waals surface area contributed by atoms with Gasteiger partial charge in [0.1, 0.15) is 5.82 Å². The number of aromatic nitrogens is 5. The molecule has 4 aromatic rings. The van der Waals surface area contributed by atoms with Gasteiger partial charge in [0.2, 0.25) is 10.9 Å². The first kappa shape index (κ1) is 25.6. The second kappa shape index (κ2) is 8.95. The van der Waals surface area contributed by atoms with Gasteiger partial charge in [-0.1, -0.05) is 13.8 Å². The number of aryl methyl sites for hydroxylation is 2. The van der Waals surface area contributed by atoms with E-state index < -0.39 is 15.4 Å². The van der Waals surface area contributed by atoms with Crippen molar-refractivity contribution in [2.75, 3.05) is 19.6 Å². The van der Waals surface area contributed by atoms with Crippen molar-refractivity contribution in [1.82, 2.24) is 34.4 Å². The lowest BCUT2D eigenvalue weighted by atomic mass is 9.88. The summed E-state index contributed by atoms with van der Waals surface area (Å²) in [5.41, 5.74) is 2.80. The predicted octanol–water partition coefficient (Wildman–Crippen LogP) is 2.56. The van der Waals surface area contributed by atoms with Gasteiger partial charge in [-0.15, -0.1) is 5.10 Å². The van der Waals surface area contributed by atoms with Crippen LogP contribution in [0.5, 0.6) is 0 Å². The summed E-state index contributed by atoms with van der Waals surface area (Å²) in [6, 6.07) is 10.2. The highest BCUT2D eigenvalue weighted by molar-refractivity contribution is 7.89. The molecule has 2 fully saturated rings. The van der Waals surface area contributed by atoms with Gasteiger partial charge in [-0.05, 0) is 66.3 Å². The standard InChI is InChI=1S/C27H30FN7O3S/c1-16(2)11-29-26(36)25-22-14-34(39(37,38)24-13-30-33(4)32-24)15-27(22,25)21-10-18-12-31-35(23(18)9-17(21)3)20-7-5-19(28)6-8-20/h5-10,12-13,16,22,25H,11,14-15H2,1-4H3,(H,29,36)/t22-,25+,27+/m1/s1. The maximum absolute atomic E-state index is 13.5. The number of hydrogen-bond acceptors (Lipinski definition) is 6. The highest BCUT2D eigenvalue weighted by atomic mass is 32.2. The molecule has 2 aromatic heterocycles. The lowest BCUT2D eigenvalue weighted by Gasteiger charge is -2.24.